The third kappa shape index (κ3) is 10.5. The molecule has 0 nitrogen and oxygen atoms in total. The first kappa shape index (κ1) is 66.9. The number of hydrogen-bond acceptors (Lipinski definition) is 0. The summed E-state index contributed by atoms with van der Waals surface area (Å²) in [6, 6.07) is 149. The lowest BCUT2D eigenvalue weighted by Gasteiger charge is -2.22. The first-order chi connectivity index (χ1) is 56.1. The Bertz CT molecular complexity index is 7460. The molecule has 534 valence electrons. The molecule has 0 spiro atoms. The van der Waals surface area contributed by atoms with E-state index in [1.165, 1.54) is 230 Å². The molecular weight excluding hydrogens is 1370 g/mol. The van der Waals surface area contributed by atoms with E-state index in [1.54, 1.807) is 0 Å². The van der Waals surface area contributed by atoms with E-state index in [1.807, 2.05) is 0 Å². The Morgan fingerprint density at radius 1 is 0.132 bits per heavy atom. The highest BCUT2D eigenvalue weighted by molar-refractivity contribution is 6.24. The van der Waals surface area contributed by atoms with Crippen LogP contribution in [0.5, 0.6) is 0 Å². The molecule has 0 bridgehead atoms. The maximum absolute atomic E-state index is 2.40. The van der Waals surface area contributed by atoms with Gasteiger partial charge in [0, 0.05) is 10.8 Å². The van der Waals surface area contributed by atoms with E-state index in [9.17, 15) is 0 Å². The lowest BCUT2D eigenvalue weighted by molar-refractivity contribution is 0.661. The SMILES string of the molecule is CC1(C)c2cccc(-c3ccc(-c4c5ccccc5c(-c5cccc(-c6cc7ccccc7c7ccccc67)c5)c5ccccc45)cc3)c2-c2c1ccc1ccccc21.CC1(C)c2cccc(-c3ccc(-c4c5ccccc5c(-c5cccc(-c6ccc7ccccc7c6)c5)c5ccccc45)cc3)c2-c2c1ccc1ccccc21. The fraction of sp³-hybridized carbons (Fsp3) is 0.0526. The lowest BCUT2D eigenvalue weighted by atomic mass is 9.81. The Labute approximate surface area is 664 Å². The molecule has 0 heterocycles. The second-order valence-corrected chi connectivity index (χ2v) is 32.4. The van der Waals surface area contributed by atoms with Gasteiger partial charge in [0.25, 0.3) is 0 Å². The number of hydrogen-bond donors (Lipinski definition) is 0. The Balaban J connectivity index is 0.000000139. The molecule has 2 aliphatic rings. The minimum absolute atomic E-state index is 0.0702. The van der Waals surface area contributed by atoms with Crippen LogP contribution in [0.4, 0.5) is 0 Å². The van der Waals surface area contributed by atoms with Crippen LogP contribution in [0.3, 0.4) is 0 Å². The van der Waals surface area contributed by atoms with E-state index in [-0.39, 0.29) is 10.8 Å². The van der Waals surface area contributed by atoms with E-state index in [4.69, 9.17) is 0 Å². The summed E-state index contributed by atoms with van der Waals surface area (Å²) in [5.41, 5.74) is 31.0. The van der Waals surface area contributed by atoms with Gasteiger partial charge in [0.2, 0.25) is 0 Å². The van der Waals surface area contributed by atoms with Gasteiger partial charge in [-0.3, -0.25) is 0 Å². The summed E-state index contributed by atoms with van der Waals surface area (Å²) in [5.74, 6) is 0. The highest BCUT2D eigenvalue weighted by Gasteiger charge is 2.40. The van der Waals surface area contributed by atoms with E-state index >= 15 is 0 Å². The third-order valence-corrected chi connectivity index (χ3v) is 25.5. The fourth-order valence-corrected chi connectivity index (χ4v) is 20.1. The van der Waals surface area contributed by atoms with Crippen molar-refractivity contribution in [3.05, 3.63) is 423 Å². The van der Waals surface area contributed by atoms with E-state index < -0.39 is 0 Å². The molecule has 0 atom stereocenters. The predicted molar refractivity (Wildman–Crippen MR) is 489 cm³/mol. The number of benzene rings is 21. The second-order valence-electron chi connectivity index (χ2n) is 32.4. The van der Waals surface area contributed by atoms with Crippen molar-refractivity contribution in [2.45, 2.75) is 38.5 Å². The average Bonchev–Trinajstić information content (AvgIpc) is 1.55. The largest absolute Gasteiger partial charge is 0.0616 e. The molecule has 0 saturated carbocycles. The standard InChI is InChI=1S/C59H40.C55H38/c1-59(2)53-28-14-27-45(57(53)58-44-20-6-3-15-37(44)33-34-54(58)59)38-29-31-39(32-30-38)55-48-23-9-11-25-50(48)56(51-26-12-10-24-49(51)55)42-18-13-17-40(35-42)52-36-41-16-4-5-19-43(41)46-21-7-8-22-47(46)52;1-55(2)49-24-12-23-44(53(49)54-43-18-6-5-14-36(43)31-32-50(54)55)37-26-28-38(29-27-37)51-45-19-7-9-21-47(45)52(48-22-10-8-20-46(48)51)42-17-11-16-40(34-42)41-30-25-35-13-3-4-15-39(35)33-41/h3-36H,1-2H3;3-34H,1-2H3. The minimum atomic E-state index is -0.0764. The predicted octanol–water partition coefficient (Wildman–Crippen LogP) is 31.7. The summed E-state index contributed by atoms with van der Waals surface area (Å²) in [5, 5.41) is 23.0. The molecule has 0 aromatic heterocycles. The summed E-state index contributed by atoms with van der Waals surface area (Å²) >= 11 is 0. The number of fused-ring (bicyclic) bond motifs is 18. The second kappa shape index (κ2) is 26.3. The van der Waals surface area contributed by atoms with Gasteiger partial charge in [-0.05, 0) is 255 Å². The van der Waals surface area contributed by atoms with Crippen molar-refractivity contribution in [1.82, 2.24) is 0 Å². The smallest absolute Gasteiger partial charge is 0.0159 e. The van der Waals surface area contributed by atoms with Gasteiger partial charge in [-0.1, -0.05) is 404 Å². The Hall–Kier alpha value is -14.0. The van der Waals surface area contributed by atoms with Gasteiger partial charge < -0.3 is 0 Å². The molecular formula is C114H78. The Morgan fingerprint density at radius 3 is 0.886 bits per heavy atom. The summed E-state index contributed by atoms with van der Waals surface area (Å²) in [6.45, 7) is 9.50. The summed E-state index contributed by atoms with van der Waals surface area (Å²) in [4.78, 5) is 0. The van der Waals surface area contributed by atoms with Crippen molar-refractivity contribution < 1.29 is 0 Å². The van der Waals surface area contributed by atoms with Gasteiger partial charge in [0.05, 0.1) is 0 Å². The first-order valence-corrected chi connectivity index (χ1v) is 40.1. The van der Waals surface area contributed by atoms with Gasteiger partial charge in [0.1, 0.15) is 0 Å². The molecule has 114 heavy (non-hydrogen) atoms. The van der Waals surface area contributed by atoms with E-state index in [0.717, 1.165) is 0 Å². The van der Waals surface area contributed by atoms with Crippen LogP contribution in [0.25, 0.3) is 208 Å². The molecule has 23 rings (SSSR count). The zero-order valence-electron chi connectivity index (χ0n) is 64.1. The van der Waals surface area contributed by atoms with Gasteiger partial charge in [-0.15, -0.1) is 0 Å². The summed E-state index contributed by atoms with van der Waals surface area (Å²) in [6.07, 6.45) is 0. The molecule has 0 aliphatic heterocycles. The van der Waals surface area contributed by atoms with Gasteiger partial charge in [0.15, 0.2) is 0 Å². The molecule has 0 heteroatoms. The quantitative estimate of drug-likeness (QED) is 0.105. The maximum Gasteiger partial charge on any atom is 0.0159 e. The van der Waals surface area contributed by atoms with Crippen molar-refractivity contribution in [1.29, 1.82) is 0 Å². The van der Waals surface area contributed by atoms with Gasteiger partial charge in [-0.2, -0.15) is 0 Å². The third-order valence-electron chi connectivity index (χ3n) is 25.5. The molecule has 0 N–H and O–H groups in total. The molecule has 21 aromatic carbocycles. The molecule has 0 radical (unpaired) electrons. The van der Waals surface area contributed by atoms with Crippen molar-refractivity contribution >= 4 is 97.0 Å². The van der Waals surface area contributed by atoms with Crippen molar-refractivity contribution in [3.8, 4) is 111 Å². The van der Waals surface area contributed by atoms with Crippen LogP contribution in [0.1, 0.15) is 49.9 Å². The van der Waals surface area contributed by atoms with E-state index in [0.29, 0.717) is 0 Å². The van der Waals surface area contributed by atoms with Crippen LogP contribution in [-0.4, -0.2) is 0 Å². The van der Waals surface area contributed by atoms with Crippen LogP contribution in [0.15, 0.2) is 400 Å². The minimum Gasteiger partial charge on any atom is -0.0616 e. The lowest BCUT2D eigenvalue weighted by Crippen LogP contribution is -2.14. The van der Waals surface area contributed by atoms with Crippen LogP contribution in [0.2, 0.25) is 0 Å². The molecule has 0 unspecified atom stereocenters. The average molecular weight is 1450 g/mol. The normalized spacial score (nSPS) is 13.1. The van der Waals surface area contributed by atoms with E-state index in [2.05, 4.69) is 428 Å². The first-order valence-electron chi connectivity index (χ1n) is 40.1. The zero-order chi connectivity index (χ0) is 75.9. The molecule has 2 aliphatic carbocycles. The van der Waals surface area contributed by atoms with Crippen LogP contribution < -0.4 is 0 Å². The van der Waals surface area contributed by atoms with Crippen molar-refractivity contribution in [3.63, 3.8) is 0 Å². The molecule has 21 aromatic rings. The Morgan fingerprint density at radius 2 is 0.430 bits per heavy atom. The van der Waals surface area contributed by atoms with Crippen LogP contribution in [-0.2, 0) is 10.8 Å². The zero-order valence-corrected chi connectivity index (χ0v) is 64.1. The topological polar surface area (TPSA) is 0 Å². The molecule has 0 saturated heterocycles. The fourth-order valence-electron chi connectivity index (χ4n) is 20.1. The number of rotatable bonds is 8. The highest BCUT2D eigenvalue weighted by atomic mass is 14.4. The molecule has 0 amide bonds. The van der Waals surface area contributed by atoms with Gasteiger partial charge >= 0.3 is 0 Å². The highest BCUT2D eigenvalue weighted by Crippen LogP contribution is 2.57. The van der Waals surface area contributed by atoms with Crippen LogP contribution in [0, 0.1) is 0 Å². The Kier molecular flexibility index (Phi) is 15.4. The molecule has 0 fully saturated rings. The van der Waals surface area contributed by atoms with Gasteiger partial charge in [-0.25, -0.2) is 0 Å². The van der Waals surface area contributed by atoms with Crippen LogP contribution >= 0.6 is 0 Å². The summed E-state index contributed by atoms with van der Waals surface area (Å²) in [7, 11) is 0. The maximum atomic E-state index is 2.40. The summed E-state index contributed by atoms with van der Waals surface area (Å²) < 4.78 is 0. The monoisotopic (exact) mass is 1450 g/mol. The van der Waals surface area contributed by atoms with Crippen molar-refractivity contribution in [2.75, 3.05) is 0 Å². The van der Waals surface area contributed by atoms with Crippen molar-refractivity contribution in [2.24, 2.45) is 0 Å².